The number of benzene rings is 2. The fourth-order valence-electron chi connectivity index (χ4n) is 2.57. The van der Waals surface area contributed by atoms with Crippen LogP contribution in [-0.4, -0.2) is 24.7 Å². The molecule has 2 aromatic rings. The number of amides is 1. The minimum absolute atomic E-state index is 0.228. The fraction of sp³-hybridized carbons (Fsp3) is 0.364. The van der Waals surface area contributed by atoms with E-state index in [1.807, 2.05) is 42.5 Å². The summed E-state index contributed by atoms with van der Waals surface area (Å²) >= 11 is 5.24. The number of rotatable bonds is 8. The van der Waals surface area contributed by atoms with Crippen LogP contribution >= 0.6 is 12.2 Å². The average Bonchev–Trinajstić information content (AvgIpc) is 2.70. The Morgan fingerprint density at radius 1 is 1.11 bits per heavy atom. The van der Waals surface area contributed by atoms with E-state index in [0.29, 0.717) is 36.1 Å². The van der Waals surface area contributed by atoms with Crippen LogP contribution in [0.25, 0.3) is 0 Å². The Kier molecular flexibility index (Phi) is 8.26. The highest BCUT2D eigenvalue weighted by molar-refractivity contribution is 7.80. The van der Waals surface area contributed by atoms with Gasteiger partial charge in [0, 0.05) is 12.1 Å². The van der Waals surface area contributed by atoms with E-state index in [0.717, 1.165) is 12.0 Å². The molecule has 5 nitrogen and oxygen atoms in total. The molecule has 2 N–H and O–H groups in total. The van der Waals surface area contributed by atoms with Crippen molar-refractivity contribution in [2.75, 3.05) is 13.7 Å². The first kappa shape index (κ1) is 21.7. The lowest BCUT2D eigenvalue weighted by Crippen LogP contribution is -2.38. The van der Waals surface area contributed by atoms with Crippen LogP contribution in [-0.2, 0) is 6.54 Å². The molecule has 0 heterocycles. The molecular formula is C22H28N2O3S. The van der Waals surface area contributed by atoms with Gasteiger partial charge in [0.05, 0.1) is 13.7 Å². The smallest absolute Gasteiger partial charge is 0.257 e. The zero-order valence-corrected chi connectivity index (χ0v) is 17.7. The van der Waals surface area contributed by atoms with Crippen molar-refractivity contribution >= 4 is 23.2 Å². The van der Waals surface area contributed by atoms with Gasteiger partial charge in [-0.05, 0) is 59.9 Å². The number of hydrogen-bond donors (Lipinski definition) is 2. The summed E-state index contributed by atoms with van der Waals surface area (Å²) in [5.41, 5.74) is 2.74. The summed E-state index contributed by atoms with van der Waals surface area (Å²) in [5.74, 6) is 1.59. The number of carbonyl (C=O) groups is 1. The van der Waals surface area contributed by atoms with Crippen LogP contribution in [0, 0.1) is 0 Å². The molecule has 1 amide bonds. The zero-order chi connectivity index (χ0) is 20.5. The molecule has 6 heteroatoms. The van der Waals surface area contributed by atoms with Gasteiger partial charge < -0.3 is 14.8 Å². The highest BCUT2D eigenvalue weighted by atomic mass is 32.1. The van der Waals surface area contributed by atoms with E-state index in [2.05, 4.69) is 31.4 Å². The van der Waals surface area contributed by atoms with E-state index in [-0.39, 0.29) is 11.0 Å². The third kappa shape index (κ3) is 6.23. The topological polar surface area (TPSA) is 59.6 Å². The second-order valence-corrected chi connectivity index (χ2v) is 7.16. The molecular weight excluding hydrogens is 372 g/mol. The fourth-order valence-corrected chi connectivity index (χ4v) is 2.74. The van der Waals surface area contributed by atoms with E-state index >= 15 is 0 Å². The largest absolute Gasteiger partial charge is 0.493 e. The number of nitrogens with one attached hydrogen (secondary N) is 2. The summed E-state index contributed by atoms with van der Waals surface area (Å²) < 4.78 is 11.0. The lowest BCUT2D eigenvalue weighted by Gasteiger charge is -2.13. The number of thiocarbonyl (C=S) groups is 1. The molecule has 0 fully saturated rings. The van der Waals surface area contributed by atoms with Crippen LogP contribution in [0.2, 0.25) is 0 Å². The van der Waals surface area contributed by atoms with Crippen LogP contribution in [0.15, 0.2) is 42.5 Å². The standard InChI is InChI=1S/C22H28N2O3S/c1-5-12-27-19-11-6-16(13-20(19)26-4)14-23-22(28)24-21(25)18-9-7-17(8-10-18)15(2)3/h6-11,13,15H,5,12,14H2,1-4H3,(H2,23,24,25,28). The number of ether oxygens (including phenoxy) is 2. The van der Waals surface area contributed by atoms with Gasteiger partial charge in [0.15, 0.2) is 16.6 Å². The van der Waals surface area contributed by atoms with Gasteiger partial charge in [0.25, 0.3) is 5.91 Å². The van der Waals surface area contributed by atoms with Gasteiger partial charge in [-0.1, -0.05) is 39.0 Å². The predicted molar refractivity (Wildman–Crippen MR) is 116 cm³/mol. The Labute approximate surface area is 172 Å². The van der Waals surface area contributed by atoms with Crippen molar-refractivity contribution in [3.63, 3.8) is 0 Å². The van der Waals surface area contributed by atoms with Gasteiger partial charge in [0.1, 0.15) is 0 Å². The Morgan fingerprint density at radius 3 is 2.43 bits per heavy atom. The van der Waals surface area contributed by atoms with Crippen LogP contribution < -0.4 is 20.1 Å². The predicted octanol–water partition coefficient (Wildman–Crippen LogP) is 4.41. The Hall–Kier alpha value is -2.60. The normalized spacial score (nSPS) is 10.5. The lowest BCUT2D eigenvalue weighted by molar-refractivity contribution is 0.0976. The first-order valence-electron chi connectivity index (χ1n) is 9.43. The second kappa shape index (κ2) is 10.7. The molecule has 0 saturated heterocycles. The van der Waals surface area contributed by atoms with E-state index < -0.39 is 0 Å². The molecule has 0 atom stereocenters. The number of methoxy groups -OCH3 is 1. The van der Waals surface area contributed by atoms with Crippen molar-refractivity contribution in [1.29, 1.82) is 0 Å². The minimum atomic E-state index is -0.228. The van der Waals surface area contributed by atoms with Gasteiger partial charge in [0.2, 0.25) is 0 Å². The second-order valence-electron chi connectivity index (χ2n) is 6.75. The molecule has 2 aromatic carbocycles. The maximum absolute atomic E-state index is 12.3. The molecule has 0 unspecified atom stereocenters. The van der Waals surface area contributed by atoms with Crippen molar-refractivity contribution in [3.05, 3.63) is 59.2 Å². The van der Waals surface area contributed by atoms with E-state index in [4.69, 9.17) is 21.7 Å². The molecule has 0 spiro atoms. The summed E-state index contributed by atoms with van der Waals surface area (Å²) in [4.78, 5) is 12.3. The highest BCUT2D eigenvalue weighted by Crippen LogP contribution is 2.28. The van der Waals surface area contributed by atoms with Crippen LogP contribution in [0.3, 0.4) is 0 Å². The molecule has 0 saturated carbocycles. The number of hydrogen-bond acceptors (Lipinski definition) is 4. The lowest BCUT2D eigenvalue weighted by atomic mass is 10.0. The van der Waals surface area contributed by atoms with Crippen LogP contribution in [0.4, 0.5) is 0 Å². The first-order valence-corrected chi connectivity index (χ1v) is 9.84. The quantitative estimate of drug-likeness (QED) is 0.643. The van der Waals surface area contributed by atoms with E-state index in [1.165, 1.54) is 5.56 Å². The molecule has 28 heavy (non-hydrogen) atoms. The summed E-state index contributed by atoms with van der Waals surface area (Å²) in [6, 6.07) is 13.3. The minimum Gasteiger partial charge on any atom is -0.493 e. The molecule has 0 bridgehead atoms. The van der Waals surface area contributed by atoms with Gasteiger partial charge in [-0.3, -0.25) is 10.1 Å². The molecule has 0 aliphatic heterocycles. The summed E-state index contributed by atoms with van der Waals surface area (Å²) in [7, 11) is 1.61. The molecule has 0 aromatic heterocycles. The van der Waals surface area contributed by atoms with E-state index in [1.54, 1.807) is 7.11 Å². The van der Waals surface area contributed by atoms with Crippen molar-refractivity contribution in [2.45, 2.75) is 39.7 Å². The van der Waals surface area contributed by atoms with Crippen LogP contribution in [0.1, 0.15) is 54.6 Å². The molecule has 150 valence electrons. The SMILES string of the molecule is CCCOc1ccc(CNC(=S)NC(=O)c2ccc(C(C)C)cc2)cc1OC. The Bertz CT molecular complexity index is 804. The Balaban J connectivity index is 1.90. The molecule has 0 aliphatic rings. The number of carbonyl (C=O) groups excluding carboxylic acids is 1. The van der Waals surface area contributed by atoms with Crippen molar-refractivity contribution < 1.29 is 14.3 Å². The Morgan fingerprint density at radius 2 is 1.82 bits per heavy atom. The maximum atomic E-state index is 12.3. The summed E-state index contributed by atoms with van der Waals surface area (Å²) in [6.07, 6.45) is 0.931. The molecule has 0 aliphatic carbocycles. The highest BCUT2D eigenvalue weighted by Gasteiger charge is 2.10. The van der Waals surface area contributed by atoms with Gasteiger partial charge in [-0.25, -0.2) is 0 Å². The zero-order valence-electron chi connectivity index (χ0n) is 16.9. The average molecular weight is 401 g/mol. The summed E-state index contributed by atoms with van der Waals surface area (Å²) in [5, 5.41) is 6.04. The molecule has 0 radical (unpaired) electrons. The molecule has 2 rings (SSSR count). The van der Waals surface area contributed by atoms with Crippen molar-refractivity contribution in [3.8, 4) is 11.5 Å². The van der Waals surface area contributed by atoms with Crippen molar-refractivity contribution in [1.82, 2.24) is 10.6 Å². The van der Waals surface area contributed by atoms with E-state index in [9.17, 15) is 4.79 Å². The summed E-state index contributed by atoms with van der Waals surface area (Å²) in [6.45, 7) is 7.40. The third-order valence-electron chi connectivity index (χ3n) is 4.21. The third-order valence-corrected chi connectivity index (χ3v) is 4.46. The van der Waals surface area contributed by atoms with Crippen LogP contribution in [0.5, 0.6) is 11.5 Å². The van der Waals surface area contributed by atoms with Crippen molar-refractivity contribution in [2.24, 2.45) is 0 Å². The van der Waals surface area contributed by atoms with Gasteiger partial charge >= 0.3 is 0 Å². The van der Waals surface area contributed by atoms with Gasteiger partial charge in [-0.2, -0.15) is 0 Å². The maximum Gasteiger partial charge on any atom is 0.257 e. The van der Waals surface area contributed by atoms with Gasteiger partial charge in [-0.15, -0.1) is 0 Å². The first-order chi connectivity index (χ1) is 13.4. The monoisotopic (exact) mass is 400 g/mol.